The molecule has 0 bridgehead atoms. The highest BCUT2D eigenvalue weighted by atomic mass is 35.5. The molecule has 1 aliphatic heterocycles. The summed E-state index contributed by atoms with van der Waals surface area (Å²) in [5, 5.41) is 3.30. The van der Waals surface area contributed by atoms with Crippen LogP contribution in [-0.4, -0.2) is 28.0 Å². The zero-order chi connectivity index (χ0) is 13.9. The summed E-state index contributed by atoms with van der Waals surface area (Å²) in [6.07, 6.45) is 2.17. The average Bonchev–Trinajstić information content (AvgIpc) is 2.46. The second-order valence-electron chi connectivity index (χ2n) is 4.64. The fourth-order valence-electron chi connectivity index (χ4n) is 2.44. The number of rotatable bonds is 3. The molecule has 0 saturated heterocycles. The first-order valence-electron chi connectivity index (χ1n) is 6.79. The van der Waals surface area contributed by atoms with Gasteiger partial charge in [-0.15, -0.1) is 0 Å². The van der Waals surface area contributed by atoms with Crippen molar-refractivity contribution in [3.8, 4) is 0 Å². The maximum absolute atomic E-state index is 6.00. The van der Waals surface area contributed by atoms with E-state index in [0.29, 0.717) is 11.9 Å². The van der Waals surface area contributed by atoms with E-state index >= 15 is 0 Å². The molecule has 0 amide bonds. The van der Waals surface area contributed by atoms with Crippen molar-refractivity contribution in [2.24, 2.45) is 0 Å². The molecule has 2 heterocycles. The summed E-state index contributed by atoms with van der Waals surface area (Å²) in [6, 6.07) is 8.34. The van der Waals surface area contributed by atoms with Crippen molar-refractivity contribution in [2.45, 2.75) is 19.8 Å². The minimum absolute atomic E-state index is 0.217. The van der Waals surface area contributed by atoms with Crippen LogP contribution in [0.4, 0.5) is 17.6 Å². The Kier molecular flexibility index (Phi) is 3.69. The number of aryl methyl sites for hydroxylation is 1. The molecule has 20 heavy (non-hydrogen) atoms. The first-order valence-corrected chi connectivity index (χ1v) is 7.16. The lowest BCUT2D eigenvalue weighted by atomic mass is 10.0. The van der Waals surface area contributed by atoms with Crippen molar-refractivity contribution in [3.63, 3.8) is 0 Å². The van der Waals surface area contributed by atoms with E-state index in [1.807, 2.05) is 13.0 Å². The predicted octanol–water partition coefficient (Wildman–Crippen LogP) is 3.04. The second-order valence-corrected chi connectivity index (χ2v) is 4.98. The van der Waals surface area contributed by atoms with Gasteiger partial charge in [0.1, 0.15) is 0 Å². The largest absolute Gasteiger partial charge is 0.354 e. The summed E-state index contributed by atoms with van der Waals surface area (Å²) < 4.78 is 0. The third-order valence-electron chi connectivity index (χ3n) is 3.28. The summed E-state index contributed by atoms with van der Waals surface area (Å²) in [7, 11) is 0. The number of benzene rings is 1. The van der Waals surface area contributed by atoms with Crippen LogP contribution >= 0.6 is 11.6 Å². The normalized spacial score (nSPS) is 14.0. The Labute approximate surface area is 123 Å². The van der Waals surface area contributed by atoms with Crippen LogP contribution in [0, 0.1) is 0 Å². The van der Waals surface area contributed by atoms with E-state index in [-0.39, 0.29) is 5.28 Å². The van der Waals surface area contributed by atoms with E-state index in [1.165, 1.54) is 5.56 Å². The SMILES string of the molecule is CCNc1nc(Cl)nc(N2CCCc3ccccc32)n1. The van der Waals surface area contributed by atoms with Crippen LogP contribution in [0.25, 0.3) is 0 Å². The number of nitrogens with one attached hydrogen (secondary N) is 1. The molecule has 0 radical (unpaired) electrons. The summed E-state index contributed by atoms with van der Waals surface area (Å²) in [5.41, 5.74) is 2.48. The van der Waals surface area contributed by atoms with Crippen LogP contribution in [0.2, 0.25) is 5.28 Å². The molecule has 3 rings (SSSR count). The fourth-order valence-corrected chi connectivity index (χ4v) is 2.59. The van der Waals surface area contributed by atoms with Gasteiger partial charge in [-0.2, -0.15) is 15.0 Å². The Morgan fingerprint density at radius 3 is 2.95 bits per heavy atom. The van der Waals surface area contributed by atoms with Gasteiger partial charge in [0.05, 0.1) is 0 Å². The number of hydrogen-bond donors (Lipinski definition) is 1. The molecule has 1 N–H and O–H groups in total. The van der Waals surface area contributed by atoms with E-state index in [0.717, 1.165) is 31.6 Å². The molecule has 0 unspecified atom stereocenters. The minimum atomic E-state index is 0.217. The smallest absolute Gasteiger partial charge is 0.236 e. The van der Waals surface area contributed by atoms with Gasteiger partial charge in [0, 0.05) is 18.8 Å². The lowest BCUT2D eigenvalue weighted by molar-refractivity contribution is 0.747. The fraction of sp³-hybridized carbons (Fsp3) is 0.357. The Morgan fingerprint density at radius 1 is 1.25 bits per heavy atom. The van der Waals surface area contributed by atoms with Gasteiger partial charge in [0.15, 0.2) is 0 Å². The van der Waals surface area contributed by atoms with Gasteiger partial charge in [-0.25, -0.2) is 0 Å². The van der Waals surface area contributed by atoms with Crippen LogP contribution in [0.3, 0.4) is 0 Å². The molecule has 0 spiro atoms. The Balaban J connectivity index is 2.01. The first-order chi connectivity index (χ1) is 9.78. The standard InChI is InChI=1S/C14H16ClN5/c1-2-16-13-17-12(15)18-14(19-13)20-9-5-7-10-6-3-4-8-11(10)20/h3-4,6,8H,2,5,7,9H2,1H3,(H,16,17,18,19). The summed E-state index contributed by atoms with van der Waals surface area (Å²) in [4.78, 5) is 14.9. The van der Waals surface area contributed by atoms with Crippen LogP contribution in [0.1, 0.15) is 18.9 Å². The highest BCUT2D eigenvalue weighted by Gasteiger charge is 2.20. The maximum atomic E-state index is 6.00. The van der Waals surface area contributed by atoms with Crippen LogP contribution < -0.4 is 10.2 Å². The molecule has 1 aliphatic rings. The number of fused-ring (bicyclic) bond motifs is 1. The maximum Gasteiger partial charge on any atom is 0.236 e. The molecule has 2 aromatic rings. The summed E-state index contributed by atoms with van der Waals surface area (Å²) in [6.45, 7) is 3.63. The van der Waals surface area contributed by atoms with Crippen molar-refractivity contribution in [3.05, 3.63) is 35.1 Å². The minimum Gasteiger partial charge on any atom is -0.354 e. The molecule has 0 atom stereocenters. The van der Waals surface area contributed by atoms with Crippen molar-refractivity contribution in [2.75, 3.05) is 23.3 Å². The third kappa shape index (κ3) is 2.54. The van der Waals surface area contributed by atoms with Crippen molar-refractivity contribution < 1.29 is 0 Å². The molecule has 0 saturated carbocycles. The number of halogens is 1. The number of para-hydroxylation sites is 1. The third-order valence-corrected chi connectivity index (χ3v) is 3.45. The molecule has 104 valence electrons. The van der Waals surface area contributed by atoms with E-state index < -0.39 is 0 Å². The highest BCUT2D eigenvalue weighted by Crippen LogP contribution is 2.31. The van der Waals surface area contributed by atoms with E-state index in [4.69, 9.17) is 11.6 Å². The van der Waals surface area contributed by atoms with E-state index in [9.17, 15) is 0 Å². The van der Waals surface area contributed by atoms with Gasteiger partial charge in [-0.1, -0.05) is 18.2 Å². The van der Waals surface area contributed by atoms with Crippen LogP contribution in [0.15, 0.2) is 24.3 Å². The molecule has 1 aromatic heterocycles. The summed E-state index contributed by atoms with van der Waals surface area (Å²) in [5.74, 6) is 1.12. The van der Waals surface area contributed by atoms with E-state index in [2.05, 4.69) is 43.4 Å². The number of hydrogen-bond acceptors (Lipinski definition) is 5. The van der Waals surface area contributed by atoms with Crippen LogP contribution in [-0.2, 0) is 6.42 Å². The number of anilines is 3. The molecular weight excluding hydrogens is 274 g/mol. The van der Waals surface area contributed by atoms with Gasteiger partial charge < -0.3 is 10.2 Å². The Morgan fingerprint density at radius 2 is 2.10 bits per heavy atom. The van der Waals surface area contributed by atoms with Gasteiger partial charge in [0.2, 0.25) is 17.2 Å². The van der Waals surface area contributed by atoms with E-state index in [1.54, 1.807) is 0 Å². The Bertz CT molecular complexity index is 616. The Hall–Kier alpha value is -1.88. The van der Waals surface area contributed by atoms with Crippen LogP contribution in [0.5, 0.6) is 0 Å². The average molecular weight is 290 g/mol. The summed E-state index contributed by atoms with van der Waals surface area (Å²) >= 11 is 6.00. The van der Waals surface area contributed by atoms with Crippen molar-refractivity contribution >= 4 is 29.2 Å². The van der Waals surface area contributed by atoms with Crippen molar-refractivity contribution in [1.29, 1.82) is 0 Å². The highest BCUT2D eigenvalue weighted by molar-refractivity contribution is 6.28. The molecule has 1 aromatic carbocycles. The quantitative estimate of drug-likeness (QED) is 0.941. The molecule has 0 aliphatic carbocycles. The van der Waals surface area contributed by atoms with Gasteiger partial charge in [0.25, 0.3) is 0 Å². The second kappa shape index (κ2) is 5.63. The zero-order valence-corrected chi connectivity index (χ0v) is 12.1. The predicted molar refractivity (Wildman–Crippen MR) is 80.8 cm³/mol. The molecular formula is C14H16ClN5. The first kappa shape index (κ1) is 13.1. The number of nitrogens with zero attached hydrogens (tertiary/aromatic N) is 4. The van der Waals surface area contributed by atoms with Gasteiger partial charge >= 0.3 is 0 Å². The zero-order valence-electron chi connectivity index (χ0n) is 11.3. The lowest BCUT2D eigenvalue weighted by Gasteiger charge is -2.29. The molecule has 5 nitrogen and oxygen atoms in total. The lowest BCUT2D eigenvalue weighted by Crippen LogP contribution is -2.26. The molecule has 0 fully saturated rings. The number of aromatic nitrogens is 3. The van der Waals surface area contributed by atoms with Gasteiger partial charge in [-0.3, -0.25) is 0 Å². The molecule has 6 heteroatoms. The van der Waals surface area contributed by atoms with Crippen molar-refractivity contribution in [1.82, 2.24) is 15.0 Å². The monoisotopic (exact) mass is 289 g/mol. The van der Waals surface area contributed by atoms with Gasteiger partial charge in [-0.05, 0) is 43.0 Å². The topological polar surface area (TPSA) is 53.9 Å².